The number of piperidine rings is 1. The molecule has 1 aromatic carbocycles. The lowest BCUT2D eigenvalue weighted by Gasteiger charge is -2.33. The third-order valence-electron chi connectivity index (χ3n) is 5.79. The van der Waals surface area contributed by atoms with Crippen molar-refractivity contribution in [2.75, 3.05) is 18.4 Å². The second-order valence-corrected chi connectivity index (χ2v) is 7.99. The van der Waals surface area contributed by atoms with Crippen LogP contribution in [-0.2, 0) is 13.0 Å². The highest BCUT2D eigenvalue weighted by molar-refractivity contribution is 5.56. The SMILES string of the molecule is CCc1cc(=O)[nH]c(-c2ccc(NC3CCN(Cc4ccccc4C)CC3)nc2)n1. The number of nitrogens with zero attached hydrogens (tertiary/aromatic N) is 3. The van der Waals surface area contributed by atoms with E-state index in [1.165, 1.54) is 11.1 Å². The van der Waals surface area contributed by atoms with Gasteiger partial charge in [0.15, 0.2) is 0 Å². The highest BCUT2D eigenvalue weighted by atomic mass is 16.1. The molecule has 156 valence electrons. The zero-order valence-corrected chi connectivity index (χ0v) is 17.7. The highest BCUT2D eigenvalue weighted by Gasteiger charge is 2.19. The fraction of sp³-hybridized carbons (Fsp3) is 0.375. The summed E-state index contributed by atoms with van der Waals surface area (Å²) in [5.74, 6) is 1.44. The van der Waals surface area contributed by atoms with E-state index in [-0.39, 0.29) is 5.56 Å². The second-order valence-electron chi connectivity index (χ2n) is 7.99. The molecule has 0 radical (unpaired) electrons. The fourth-order valence-corrected chi connectivity index (χ4v) is 3.92. The van der Waals surface area contributed by atoms with E-state index in [0.717, 1.165) is 56.0 Å². The third kappa shape index (κ3) is 4.94. The van der Waals surface area contributed by atoms with Gasteiger partial charge < -0.3 is 10.3 Å². The fourth-order valence-electron chi connectivity index (χ4n) is 3.92. The number of nitrogens with one attached hydrogen (secondary N) is 2. The van der Waals surface area contributed by atoms with Gasteiger partial charge in [0.05, 0.1) is 0 Å². The van der Waals surface area contributed by atoms with Gasteiger partial charge in [0.2, 0.25) is 0 Å². The molecule has 1 saturated heterocycles. The number of rotatable bonds is 6. The summed E-state index contributed by atoms with van der Waals surface area (Å²) in [6, 6.07) is 14.5. The minimum absolute atomic E-state index is 0.128. The van der Waals surface area contributed by atoms with Crippen molar-refractivity contribution < 1.29 is 0 Å². The molecule has 2 N–H and O–H groups in total. The van der Waals surface area contributed by atoms with Gasteiger partial charge in [-0.3, -0.25) is 9.69 Å². The minimum atomic E-state index is -0.128. The van der Waals surface area contributed by atoms with Gasteiger partial charge in [0.25, 0.3) is 5.56 Å². The molecule has 3 aromatic rings. The summed E-state index contributed by atoms with van der Waals surface area (Å²) in [6.45, 7) is 7.36. The molecule has 6 nitrogen and oxygen atoms in total. The molecular formula is C24H29N5O. The molecule has 0 atom stereocenters. The summed E-state index contributed by atoms with van der Waals surface area (Å²) < 4.78 is 0. The van der Waals surface area contributed by atoms with Crippen LogP contribution in [0.15, 0.2) is 53.5 Å². The Hall–Kier alpha value is -2.99. The molecule has 1 aliphatic rings. The smallest absolute Gasteiger partial charge is 0.251 e. The molecule has 1 aliphatic heterocycles. The molecule has 0 spiro atoms. The van der Waals surface area contributed by atoms with Gasteiger partial charge in [0, 0.05) is 49.2 Å². The lowest BCUT2D eigenvalue weighted by molar-refractivity contribution is 0.211. The quantitative estimate of drug-likeness (QED) is 0.655. The average Bonchev–Trinajstić information content (AvgIpc) is 2.77. The molecule has 6 heteroatoms. The summed E-state index contributed by atoms with van der Waals surface area (Å²) in [5, 5.41) is 3.56. The van der Waals surface area contributed by atoms with Crippen LogP contribution in [0.4, 0.5) is 5.82 Å². The summed E-state index contributed by atoms with van der Waals surface area (Å²) in [4.78, 5) is 26.2. The molecule has 0 amide bonds. The maximum atomic E-state index is 11.8. The minimum Gasteiger partial charge on any atom is -0.367 e. The van der Waals surface area contributed by atoms with Crippen molar-refractivity contribution in [1.82, 2.24) is 19.9 Å². The number of benzene rings is 1. The molecule has 3 heterocycles. The van der Waals surface area contributed by atoms with Gasteiger partial charge in [0.1, 0.15) is 11.6 Å². The first-order valence-electron chi connectivity index (χ1n) is 10.7. The molecule has 2 aromatic heterocycles. The number of H-pyrrole nitrogens is 1. The Bertz CT molecular complexity index is 1040. The molecule has 0 bridgehead atoms. The van der Waals surface area contributed by atoms with Gasteiger partial charge >= 0.3 is 0 Å². The van der Waals surface area contributed by atoms with Gasteiger partial charge in [-0.2, -0.15) is 0 Å². The van der Waals surface area contributed by atoms with Crippen molar-refractivity contribution in [1.29, 1.82) is 0 Å². The highest BCUT2D eigenvalue weighted by Crippen LogP contribution is 2.20. The van der Waals surface area contributed by atoms with E-state index >= 15 is 0 Å². The summed E-state index contributed by atoms with van der Waals surface area (Å²) in [5.41, 5.74) is 4.26. The summed E-state index contributed by atoms with van der Waals surface area (Å²) >= 11 is 0. The third-order valence-corrected chi connectivity index (χ3v) is 5.79. The number of likely N-dealkylation sites (tertiary alicyclic amines) is 1. The zero-order chi connectivity index (χ0) is 20.9. The van der Waals surface area contributed by atoms with E-state index in [4.69, 9.17) is 0 Å². The lowest BCUT2D eigenvalue weighted by atomic mass is 10.0. The lowest BCUT2D eigenvalue weighted by Crippen LogP contribution is -2.38. The van der Waals surface area contributed by atoms with Crippen molar-refractivity contribution in [2.45, 2.75) is 45.7 Å². The van der Waals surface area contributed by atoms with Crippen LogP contribution in [0.5, 0.6) is 0 Å². The molecule has 0 aliphatic carbocycles. The van der Waals surface area contributed by atoms with Crippen LogP contribution in [0.3, 0.4) is 0 Å². The van der Waals surface area contributed by atoms with Crippen molar-refractivity contribution in [3.05, 3.63) is 75.8 Å². The van der Waals surface area contributed by atoms with Gasteiger partial charge in [-0.25, -0.2) is 9.97 Å². The van der Waals surface area contributed by atoms with E-state index in [9.17, 15) is 4.79 Å². The summed E-state index contributed by atoms with van der Waals surface area (Å²) in [6.07, 6.45) is 4.70. The average molecular weight is 404 g/mol. The van der Waals surface area contributed by atoms with Crippen molar-refractivity contribution >= 4 is 5.82 Å². The second kappa shape index (κ2) is 9.22. The Balaban J connectivity index is 1.33. The number of hydrogen-bond donors (Lipinski definition) is 2. The molecule has 0 saturated carbocycles. The zero-order valence-electron chi connectivity index (χ0n) is 17.7. The maximum absolute atomic E-state index is 11.8. The first-order valence-corrected chi connectivity index (χ1v) is 10.7. The van der Waals surface area contributed by atoms with Gasteiger partial charge in [-0.05, 0) is 49.4 Å². The first kappa shape index (κ1) is 20.3. The van der Waals surface area contributed by atoms with E-state index in [1.54, 1.807) is 12.3 Å². The van der Waals surface area contributed by atoms with Crippen LogP contribution in [-0.4, -0.2) is 39.0 Å². The number of aromatic amines is 1. The largest absolute Gasteiger partial charge is 0.367 e. The normalized spacial score (nSPS) is 15.3. The van der Waals surface area contributed by atoms with Crippen LogP contribution in [0.25, 0.3) is 11.4 Å². The van der Waals surface area contributed by atoms with Gasteiger partial charge in [-0.1, -0.05) is 31.2 Å². The Labute approximate surface area is 177 Å². The van der Waals surface area contributed by atoms with Crippen LogP contribution in [0.2, 0.25) is 0 Å². The van der Waals surface area contributed by atoms with Crippen molar-refractivity contribution in [2.24, 2.45) is 0 Å². The number of anilines is 1. The standard InChI is InChI=1S/C24H29N5O/c1-3-20-14-23(30)28-24(27-20)18-8-9-22(25-15-18)26-21-10-12-29(13-11-21)16-19-7-5-4-6-17(19)2/h4-9,14-15,21H,3,10-13,16H2,1-2H3,(H,25,26)(H,27,28,30). The topological polar surface area (TPSA) is 73.9 Å². The van der Waals surface area contributed by atoms with E-state index in [2.05, 4.69) is 56.4 Å². The monoisotopic (exact) mass is 403 g/mol. The van der Waals surface area contributed by atoms with Crippen molar-refractivity contribution in [3.8, 4) is 11.4 Å². The van der Waals surface area contributed by atoms with E-state index in [0.29, 0.717) is 11.9 Å². The Morgan fingerprint density at radius 3 is 2.67 bits per heavy atom. The Morgan fingerprint density at radius 1 is 1.17 bits per heavy atom. The number of hydrogen-bond acceptors (Lipinski definition) is 5. The molecule has 1 fully saturated rings. The van der Waals surface area contributed by atoms with E-state index < -0.39 is 0 Å². The first-order chi connectivity index (χ1) is 14.6. The van der Waals surface area contributed by atoms with Crippen molar-refractivity contribution in [3.63, 3.8) is 0 Å². The number of pyridine rings is 1. The molecule has 0 unspecified atom stereocenters. The molecule has 30 heavy (non-hydrogen) atoms. The van der Waals surface area contributed by atoms with Crippen LogP contribution < -0.4 is 10.9 Å². The van der Waals surface area contributed by atoms with Gasteiger partial charge in [-0.15, -0.1) is 0 Å². The maximum Gasteiger partial charge on any atom is 0.251 e. The number of aryl methyl sites for hydroxylation is 2. The van der Waals surface area contributed by atoms with Crippen LogP contribution in [0.1, 0.15) is 36.6 Å². The Kier molecular flexibility index (Phi) is 6.23. The molecular weight excluding hydrogens is 374 g/mol. The van der Waals surface area contributed by atoms with E-state index in [1.807, 2.05) is 19.1 Å². The predicted molar refractivity (Wildman–Crippen MR) is 121 cm³/mol. The predicted octanol–water partition coefficient (Wildman–Crippen LogP) is 3.78. The van der Waals surface area contributed by atoms with Crippen LogP contribution in [0, 0.1) is 6.92 Å². The Morgan fingerprint density at radius 2 is 1.97 bits per heavy atom. The molecule has 4 rings (SSSR count). The summed E-state index contributed by atoms with van der Waals surface area (Å²) in [7, 11) is 0. The number of aromatic nitrogens is 3. The van der Waals surface area contributed by atoms with Crippen LogP contribution >= 0.6 is 0 Å².